The van der Waals surface area contributed by atoms with Gasteiger partial charge in [0.1, 0.15) is 0 Å². The molecule has 1 aliphatic heterocycles. The molecule has 0 spiro atoms. The first-order valence-electron chi connectivity index (χ1n) is 5.63. The summed E-state index contributed by atoms with van der Waals surface area (Å²) < 4.78 is 5.01. The maximum absolute atomic E-state index is 11.5. The molecule has 3 N–H and O–H groups in total. The van der Waals surface area contributed by atoms with Crippen LogP contribution in [0.3, 0.4) is 0 Å². The zero-order valence-electron chi connectivity index (χ0n) is 9.16. The lowest BCUT2D eigenvalue weighted by molar-refractivity contribution is 0.247. The third-order valence-electron chi connectivity index (χ3n) is 2.71. The van der Waals surface area contributed by atoms with E-state index < -0.39 is 0 Å². The number of carbonyl (C=O) groups is 1. The number of carbonyl (C=O) groups excluding carboxylic acids is 1. The van der Waals surface area contributed by atoms with Crippen molar-refractivity contribution in [2.45, 2.75) is 12.8 Å². The molecule has 0 radical (unpaired) electrons. The molecule has 16 heavy (non-hydrogen) atoms. The van der Waals surface area contributed by atoms with Gasteiger partial charge in [0.25, 0.3) is 0 Å². The molecule has 5 nitrogen and oxygen atoms in total. The molecule has 1 atom stereocenters. The molecule has 1 aromatic rings. The minimum Gasteiger partial charge on any atom is -0.449 e. The van der Waals surface area contributed by atoms with Crippen molar-refractivity contribution in [3.63, 3.8) is 0 Å². The van der Waals surface area contributed by atoms with Gasteiger partial charge in [-0.3, -0.25) is 5.32 Å². The molecule has 5 heteroatoms. The fourth-order valence-electron chi connectivity index (χ4n) is 1.84. The second kappa shape index (κ2) is 5.55. The van der Waals surface area contributed by atoms with E-state index in [9.17, 15) is 4.79 Å². The standard InChI is InChI=1S/C11H17N3O2/c15-11(14-10-4-2-6-16-10)13-8-9-3-1-5-12-7-9/h2,4,6,9,12H,1,3,5,7-8H2,(H2,13,14,15). The van der Waals surface area contributed by atoms with Crippen LogP contribution in [0.5, 0.6) is 0 Å². The number of urea groups is 1. The highest BCUT2D eigenvalue weighted by Crippen LogP contribution is 2.09. The Labute approximate surface area is 94.6 Å². The largest absolute Gasteiger partial charge is 0.449 e. The Morgan fingerprint density at radius 1 is 1.62 bits per heavy atom. The molecule has 88 valence electrons. The van der Waals surface area contributed by atoms with Crippen molar-refractivity contribution in [1.82, 2.24) is 10.6 Å². The van der Waals surface area contributed by atoms with Crippen LogP contribution in [0.2, 0.25) is 0 Å². The fourth-order valence-corrected chi connectivity index (χ4v) is 1.84. The summed E-state index contributed by atoms with van der Waals surface area (Å²) in [6.07, 6.45) is 3.89. The average molecular weight is 223 g/mol. The van der Waals surface area contributed by atoms with E-state index in [0.29, 0.717) is 18.3 Å². The van der Waals surface area contributed by atoms with Crippen molar-refractivity contribution in [2.75, 3.05) is 25.0 Å². The number of hydrogen-bond donors (Lipinski definition) is 3. The van der Waals surface area contributed by atoms with Gasteiger partial charge in [-0.25, -0.2) is 4.79 Å². The van der Waals surface area contributed by atoms with Gasteiger partial charge in [0.05, 0.1) is 6.26 Å². The van der Waals surface area contributed by atoms with E-state index in [1.807, 2.05) is 0 Å². The summed E-state index contributed by atoms with van der Waals surface area (Å²) in [6.45, 7) is 2.79. The lowest BCUT2D eigenvalue weighted by atomic mass is 10.00. The van der Waals surface area contributed by atoms with Crippen LogP contribution in [0.25, 0.3) is 0 Å². The van der Waals surface area contributed by atoms with Crippen LogP contribution in [0.4, 0.5) is 10.7 Å². The summed E-state index contributed by atoms with van der Waals surface area (Å²) in [7, 11) is 0. The Morgan fingerprint density at radius 3 is 3.25 bits per heavy atom. The van der Waals surface area contributed by atoms with Gasteiger partial charge in [0.2, 0.25) is 5.88 Å². The second-order valence-electron chi connectivity index (χ2n) is 4.02. The highest BCUT2D eigenvalue weighted by Gasteiger charge is 2.13. The second-order valence-corrected chi connectivity index (χ2v) is 4.02. The number of anilines is 1. The van der Waals surface area contributed by atoms with Crippen LogP contribution >= 0.6 is 0 Å². The van der Waals surface area contributed by atoms with Gasteiger partial charge in [-0.2, -0.15) is 0 Å². The summed E-state index contributed by atoms with van der Waals surface area (Å²) in [4.78, 5) is 11.5. The molecule has 1 unspecified atom stereocenters. The van der Waals surface area contributed by atoms with Crippen molar-refractivity contribution in [3.8, 4) is 0 Å². The summed E-state index contributed by atoms with van der Waals surface area (Å²) >= 11 is 0. The van der Waals surface area contributed by atoms with Crippen LogP contribution in [0.15, 0.2) is 22.8 Å². The number of amides is 2. The smallest absolute Gasteiger partial charge is 0.321 e. The molecular weight excluding hydrogens is 206 g/mol. The van der Waals surface area contributed by atoms with E-state index in [2.05, 4.69) is 16.0 Å². The van der Waals surface area contributed by atoms with E-state index in [-0.39, 0.29) is 6.03 Å². The summed E-state index contributed by atoms with van der Waals surface area (Å²) in [5, 5.41) is 8.78. The van der Waals surface area contributed by atoms with Crippen molar-refractivity contribution < 1.29 is 9.21 Å². The molecule has 1 fully saturated rings. The number of hydrogen-bond acceptors (Lipinski definition) is 3. The topological polar surface area (TPSA) is 66.3 Å². The van der Waals surface area contributed by atoms with E-state index in [0.717, 1.165) is 13.1 Å². The van der Waals surface area contributed by atoms with E-state index in [4.69, 9.17) is 4.42 Å². The van der Waals surface area contributed by atoms with Crippen molar-refractivity contribution in [2.24, 2.45) is 5.92 Å². The molecular formula is C11H17N3O2. The Kier molecular flexibility index (Phi) is 3.82. The first-order valence-corrected chi connectivity index (χ1v) is 5.63. The predicted octanol–water partition coefficient (Wildman–Crippen LogP) is 1.40. The van der Waals surface area contributed by atoms with Crippen molar-refractivity contribution >= 4 is 11.9 Å². The van der Waals surface area contributed by atoms with Gasteiger partial charge >= 0.3 is 6.03 Å². The van der Waals surface area contributed by atoms with Crippen molar-refractivity contribution in [3.05, 3.63) is 18.4 Å². The normalized spacial score (nSPS) is 20.4. The highest BCUT2D eigenvalue weighted by molar-refractivity contribution is 5.87. The third kappa shape index (κ3) is 3.27. The maximum atomic E-state index is 11.5. The molecule has 1 aromatic heterocycles. The number of rotatable bonds is 3. The Balaban J connectivity index is 1.67. The predicted molar refractivity (Wildman–Crippen MR) is 61.3 cm³/mol. The van der Waals surface area contributed by atoms with E-state index >= 15 is 0 Å². The Morgan fingerprint density at radius 2 is 2.56 bits per heavy atom. The third-order valence-corrected chi connectivity index (χ3v) is 2.71. The molecule has 0 bridgehead atoms. The Bertz CT molecular complexity index is 318. The van der Waals surface area contributed by atoms with Gasteiger partial charge in [-0.1, -0.05) is 0 Å². The SMILES string of the molecule is O=C(NCC1CCCNC1)Nc1ccco1. The van der Waals surface area contributed by atoms with E-state index in [1.54, 1.807) is 12.1 Å². The molecule has 2 rings (SSSR count). The molecule has 1 saturated heterocycles. The highest BCUT2D eigenvalue weighted by atomic mass is 16.3. The lowest BCUT2D eigenvalue weighted by Gasteiger charge is -2.22. The molecule has 2 heterocycles. The van der Waals surface area contributed by atoms with Crippen LogP contribution < -0.4 is 16.0 Å². The number of piperidine rings is 1. The average Bonchev–Trinajstić information content (AvgIpc) is 2.81. The van der Waals surface area contributed by atoms with Crippen molar-refractivity contribution in [1.29, 1.82) is 0 Å². The number of nitrogens with one attached hydrogen (secondary N) is 3. The van der Waals surface area contributed by atoms with Gasteiger partial charge in [0.15, 0.2) is 0 Å². The zero-order valence-corrected chi connectivity index (χ0v) is 9.16. The van der Waals surface area contributed by atoms with Gasteiger partial charge in [-0.15, -0.1) is 0 Å². The van der Waals surface area contributed by atoms with Crippen LogP contribution in [-0.4, -0.2) is 25.7 Å². The monoisotopic (exact) mass is 223 g/mol. The first-order chi connectivity index (χ1) is 7.84. The number of furan rings is 1. The minimum atomic E-state index is -0.208. The Hall–Kier alpha value is -1.49. The van der Waals surface area contributed by atoms with E-state index in [1.165, 1.54) is 19.1 Å². The van der Waals surface area contributed by atoms with Gasteiger partial charge < -0.3 is 15.1 Å². The summed E-state index contributed by atoms with van der Waals surface area (Å²) in [5.74, 6) is 1.01. The minimum absolute atomic E-state index is 0.208. The fraction of sp³-hybridized carbons (Fsp3) is 0.545. The molecule has 0 saturated carbocycles. The van der Waals surface area contributed by atoms with Crippen LogP contribution in [-0.2, 0) is 0 Å². The van der Waals surface area contributed by atoms with Crippen LogP contribution in [0, 0.1) is 5.92 Å². The van der Waals surface area contributed by atoms with Gasteiger partial charge in [0, 0.05) is 12.6 Å². The molecule has 2 amide bonds. The van der Waals surface area contributed by atoms with Gasteiger partial charge in [-0.05, 0) is 37.9 Å². The molecule has 1 aliphatic rings. The maximum Gasteiger partial charge on any atom is 0.321 e. The lowest BCUT2D eigenvalue weighted by Crippen LogP contribution is -2.39. The van der Waals surface area contributed by atoms with Crippen LogP contribution in [0.1, 0.15) is 12.8 Å². The summed E-state index contributed by atoms with van der Waals surface area (Å²) in [5.41, 5.74) is 0. The molecule has 0 aliphatic carbocycles. The quantitative estimate of drug-likeness (QED) is 0.725. The first kappa shape index (κ1) is 11.0. The molecule has 0 aromatic carbocycles. The summed E-state index contributed by atoms with van der Waals surface area (Å²) in [6, 6.07) is 3.24. The zero-order chi connectivity index (χ0) is 11.2.